The number of hydrogen-bond donors (Lipinski definition) is 1. The van der Waals surface area contributed by atoms with E-state index in [1.54, 1.807) is 20.5 Å². The van der Waals surface area contributed by atoms with Gasteiger partial charge in [-0.25, -0.2) is 15.0 Å². The van der Waals surface area contributed by atoms with Crippen molar-refractivity contribution < 1.29 is 14.2 Å². The number of ether oxygens (including phenoxy) is 3. The predicted octanol–water partition coefficient (Wildman–Crippen LogP) is 1.53. The Kier molecular flexibility index (Phi) is 4.22. The van der Waals surface area contributed by atoms with Crippen LogP contribution in [0.25, 0.3) is 11.2 Å². The highest BCUT2D eigenvalue weighted by atomic mass is 16.6. The fraction of sp³-hybridized carbons (Fsp3) is 0.667. The number of imidazole rings is 1. The highest BCUT2D eigenvalue weighted by Crippen LogP contribution is 2.44. The summed E-state index contributed by atoms with van der Waals surface area (Å²) in [5, 5.41) is 0. The summed E-state index contributed by atoms with van der Waals surface area (Å²) in [6, 6.07) is 0. The maximum absolute atomic E-state index is 6.42. The van der Waals surface area contributed by atoms with E-state index in [1.807, 2.05) is 4.57 Å². The van der Waals surface area contributed by atoms with Gasteiger partial charge in [0.05, 0.1) is 11.9 Å². The minimum absolute atomic E-state index is 0.177. The number of nitrogen functional groups attached to an aromatic ring is 1. The van der Waals surface area contributed by atoms with Crippen LogP contribution in [-0.4, -0.2) is 51.5 Å². The molecular weight excluding hydrogens is 298 g/mol. The van der Waals surface area contributed by atoms with Crippen LogP contribution >= 0.6 is 0 Å². The lowest BCUT2D eigenvalue weighted by Gasteiger charge is -2.32. The molecule has 0 bridgehead atoms. The van der Waals surface area contributed by atoms with E-state index in [9.17, 15) is 0 Å². The van der Waals surface area contributed by atoms with Crippen molar-refractivity contribution in [1.82, 2.24) is 19.5 Å². The smallest absolute Gasteiger partial charge is 0.167 e. The van der Waals surface area contributed by atoms with Gasteiger partial charge in [-0.05, 0) is 12.8 Å². The Labute approximate surface area is 135 Å². The molecule has 3 heterocycles. The van der Waals surface area contributed by atoms with Gasteiger partial charge in [0.2, 0.25) is 0 Å². The highest BCUT2D eigenvalue weighted by Gasteiger charge is 2.55. The third kappa shape index (κ3) is 2.29. The van der Waals surface area contributed by atoms with E-state index >= 15 is 0 Å². The summed E-state index contributed by atoms with van der Waals surface area (Å²) in [6.07, 6.45) is 3.90. The molecule has 8 nitrogen and oxygen atoms in total. The largest absolute Gasteiger partial charge is 0.382 e. The van der Waals surface area contributed by atoms with Gasteiger partial charge in [0.25, 0.3) is 0 Å². The lowest BCUT2D eigenvalue weighted by molar-refractivity contribution is -0.113. The Morgan fingerprint density at radius 3 is 2.57 bits per heavy atom. The molecule has 1 fully saturated rings. The van der Waals surface area contributed by atoms with Gasteiger partial charge in [0, 0.05) is 14.2 Å². The van der Waals surface area contributed by atoms with E-state index in [-0.39, 0.29) is 18.4 Å². The molecule has 1 unspecified atom stereocenters. The molecule has 0 spiro atoms. The molecule has 1 aliphatic rings. The topological polar surface area (TPSA) is 97.3 Å². The molecule has 0 radical (unpaired) electrons. The average molecular weight is 321 g/mol. The van der Waals surface area contributed by atoms with Crippen molar-refractivity contribution in [3.05, 3.63) is 12.7 Å². The van der Waals surface area contributed by atoms with E-state index in [4.69, 9.17) is 19.9 Å². The number of methoxy groups -OCH3 is 2. The van der Waals surface area contributed by atoms with Crippen molar-refractivity contribution in [3.8, 4) is 0 Å². The Hall–Kier alpha value is -1.77. The van der Waals surface area contributed by atoms with Crippen LogP contribution < -0.4 is 5.73 Å². The second kappa shape index (κ2) is 6.03. The second-order valence-corrected chi connectivity index (χ2v) is 5.72. The standard InChI is InChI=1S/C15H23N5O3/c1-5-15(6-2)11(22-4)10(21-3)14(23-15)20-8-19-9-12(16)17-7-18-13(9)20/h7-8,10-11,14H,5-6H2,1-4H3,(H2,16,17,18)/t10?,11-,14-/m1/s1. The van der Waals surface area contributed by atoms with E-state index < -0.39 is 5.60 Å². The first-order chi connectivity index (χ1) is 11.1. The molecule has 2 aromatic rings. The fourth-order valence-electron chi connectivity index (χ4n) is 3.50. The molecule has 2 N–H and O–H groups in total. The van der Waals surface area contributed by atoms with Crippen molar-refractivity contribution in [1.29, 1.82) is 0 Å². The van der Waals surface area contributed by atoms with Gasteiger partial charge in [-0.1, -0.05) is 13.8 Å². The summed E-state index contributed by atoms with van der Waals surface area (Å²) in [4.78, 5) is 12.6. The third-order valence-corrected chi connectivity index (χ3v) is 4.84. The van der Waals surface area contributed by atoms with Crippen LogP contribution in [0.5, 0.6) is 0 Å². The molecule has 0 amide bonds. The Balaban J connectivity index is 2.09. The summed E-state index contributed by atoms with van der Waals surface area (Å²) < 4.78 is 19.7. The van der Waals surface area contributed by atoms with Gasteiger partial charge in [-0.15, -0.1) is 0 Å². The molecule has 1 saturated heterocycles. The second-order valence-electron chi connectivity index (χ2n) is 5.72. The maximum Gasteiger partial charge on any atom is 0.167 e. The minimum Gasteiger partial charge on any atom is -0.382 e. The third-order valence-electron chi connectivity index (χ3n) is 4.84. The Morgan fingerprint density at radius 2 is 1.96 bits per heavy atom. The van der Waals surface area contributed by atoms with Crippen molar-refractivity contribution in [2.75, 3.05) is 20.0 Å². The van der Waals surface area contributed by atoms with Gasteiger partial charge in [0.1, 0.15) is 24.1 Å². The zero-order valence-electron chi connectivity index (χ0n) is 13.9. The monoisotopic (exact) mass is 321 g/mol. The van der Waals surface area contributed by atoms with Crippen molar-refractivity contribution in [2.45, 2.75) is 50.7 Å². The summed E-state index contributed by atoms with van der Waals surface area (Å²) in [6.45, 7) is 4.19. The lowest BCUT2D eigenvalue weighted by Crippen LogP contribution is -2.44. The fourth-order valence-corrected chi connectivity index (χ4v) is 3.50. The van der Waals surface area contributed by atoms with Crippen LogP contribution in [0.15, 0.2) is 12.7 Å². The maximum atomic E-state index is 6.42. The average Bonchev–Trinajstić information content (AvgIpc) is 3.14. The van der Waals surface area contributed by atoms with Crippen LogP contribution in [0, 0.1) is 0 Å². The van der Waals surface area contributed by atoms with Crippen LogP contribution in [0.4, 0.5) is 5.82 Å². The molecule has 8 heteroatoms. The van der Waals surface area contributed by atoms with E-state index in [1.165, 1.54) is 6.33 Å². The number of anilines is 1. The molecule has 0 aromatic carbocycles. The Bertz CT molecular complexity index is 685. The SMILES string of the molecule is CCC1(CC)O[C@@H](n2cnc3c(N)ncnc32)C(OC)[C@H]1OC. The summed E-state index contributed by atoms with van der Waals surface area (Å²) >= 11 is 0. The quantitative estimate of drug-likeness (QED) is 0.891. The molecule has 23 heavy (non-hydrogen) atoms. The van der Waals surface area contributed by atoms with Gasteiger partial charge in [-0.3, -0.25) is 4.57 Å². The number of rotatable bonds is 5. The van der Waals surface area contributed by atoms with E-state index in [0.29, 0.717) is 17.0 Å². The van der Waals surface area contributed by atoms with Crippen LogP contribution in [-0.2, 0) is 14.2 Å². The molecule has 126 valence electrons. The number of nitrogens with two attached hydrogens (primary N) is 1. The molecule has 3 rings (SSSR count). The van der Waals surface area contributed by atoms with Crippen LogP contribution in [0.2, 0.25) is 0 Å². The molecular formula is C15H23N5O3. The Morgan fingerprint density at radius 1 is 1.22 bits per heavy atom. The minimum atomic E-state index is -0.407. The molecule has 3 atom stereocenters. The number of fused-ring (bicyclic) bond motifs is 1. The van der Waals surface area contributed by atoms with Crippen molar-refractivity contribution in [2.24, 2.45) is 0 Å². The normalized spacial score (nSPS) is 26.9. The first-order valence-corrected chi connectivity index (χ1v) is 7.78. The van der Waals surface area contributed by atoms with Gasteiger partial charge in [0.15, 0.2) is 17.7 Å². The first-order valence-electron chi connectivity index (χ1n) is 7.78. The van der Waals surface area contributed by atoms with Gasteiger partial charge >= 0.3 is 0 Å². The zero-order chi connectivity index (χ0) is 16.6. The van der Waals surface area contributed by atoms with E-state index in [0.717, 1.165) is 12.8 Å². The highest BCUT2D eigenvalue weighted by molar-refractivity contribution is 5.81. The number of hydrogen-bond acceptors (Lipinski definition) is 7. The first kappa shape index (κ1) is 16.1. The molecule has 1 aliphatic heterocycles. The van der Waals surface area contributed by atoms with Crippen LogP contribution in [0.1, 0.15) is 32.9 Å². The summed E-state index contributed by atoms with van der Waals surface area (Å²) in [5.41, 5.74) is 6.65. The molecule has 0 aliphatic carbocycles. The van der Waals surface area contributed by atoms with Gasteiger partial charge in [-0.2, -0.15) is 0 Å². The van der Waals surface area contributed by atoms with E-state index in [2.05, 4.69) is 28.8 Å². The van der Waals surface area contributed by atoms with Crippen molar-refractivity contribution >= 4 is 17.0 Å². The summed E-state index contributed by atoms with van der Waals surface area (Å²) in [7, 11) is 3.35. The lowest BCUT2D eigenvalue weighted by atomic mass is 9.89. The number of aromatic nitrogens is 4. The zero-order valence-corrected chi connectivity index (χ0v) is 13.9. The number of nitrogens with zero attached hydrogens (tertiary/aromatic N) is 4. The van der Waals surface area contributed by atoms with Gasteiger partial charge < -0.3 is 19.9 Å². The molecule has 2 aromatic heterocycles. The molecule has 0 saturated carbocycles. The van der Waals surface area contributed by atoms with Crippen molar-refractivity contribution in [3.63, 3.8) is 0 Å². The van der Waals surface area contributed by atoms with Crippen LogP contribution in [0.3, 0.4) is 0 Å². The summed E-state index contributed by atoms with van der Waals surface area (Å²) in [5.74, 6) is 0.348. The predicted molar refractivity (Wildman–Crippen MR) is 84.8 cm³/mol.